The lowest BCUT2D eigenvalue weighted by atomic mass is 9.95. The number of hydrogen-bond donors (Lipinski definition) is 1. The van der Waals surface area contributed by atoms with Gasteiger partial charge in [0.25, 0.3) is 0 Å². The van der Waals surface area contributed by atoms with Gasteiger partial charge in [-0.05, 0) is 62.9 Å². The Bertz CT molecular complexity index is 515. The maximum absolute atomic E-state index is 13.4. The molecular weight excluding hydrogens is 285 g/mol. The quantitative estimate of drug-likeness (QED) is 0.877. The number of aliphatic carboxylic acids is 1. The van der Waals surface area contributed by atoms with Crippen molar-refractivity contribution < 1.29 is 19.0 Å². The van der Waals surface area contributed by atoms with Crippen LogP contribution in [0.5, 0.6) is 0 Å². The van der Waals surface area contributed by atoms with E-state index in [0.29, 0.717) is 23.6 Å². The van der Waals surface area contributed by atoms with Gasteiger partial charge in [-0.25, -0.2) is 4.39 Å². The third-order valence-corrected chi connectivity index (χ3v) is 4.40. The van der Waals surface area contributed by atoms with Crippen LogP contribution in [0.25, 0.3) is 0 Å². The molecule has 1 aliphatic heterocycles. The van der Waals surface area contributed by atoms with Crippen molar-refractivity contribution in [1.82, 2.24) is 4.90 Å². The first kappa shape index (κ1) is 16.9. The molecular formula is C17H24FNO3. The molecule has 0 amide bonds. The molecule has 0 bridgehead atoms. The van der Waals surface area contributed by atoms with Gasteiger partial charge in [0.15, 0.2) is 0 Å². The normalized spacial score (nSPS) is 17.6. The predicted octanol–water partition coefficient (Wildman–Crippen LogP) is 3.01. The molecule has 1 aromatic rings. The Hall–Kier alpha value is -1.46. The van der Waals surface area contributed by atoms with Crippen LogP contribution >= 0.6 is 0 Å². The average molecular weight is 309 g/mol. The Morgan fingerprint density at radius 2 is 2.14 bits per heavy atom. The van der Waals surface area contributed by atoms with E-state index in [1.807, 2.05) is 11.9 Å². The van der Waals surface area contributed by atoms with Crippen LogP contribution in [0.4, 0.5) is 4.39 Å². The fourth-order valence-electron chi connectivity index (χ4n) is 2.97. The van der Waals surface area contributed by atoms with E-state index < -0.39 is 12.0 Å². The first-order valence-corrected chi connectivity index (χ1v) is 7.76. The van der Waals surface area contributed by atoms with Crippen LogP contribution in [0.15, 0.2) is 18.2 Å². The molecule has 5 heteroatoms. The minimum atomic E-state index is -0.902. The SMILES string of the molecule is Cc1cc(C(C(=O)O)N(C)CCC2CCOCC2)ccc1F. The summed E-state index contributed by atoms with van der Waals surface area (Å²) in [6.45, 7) is 3.96. The lowest BCUT2D eigenvalue weighted by Gasteiger charge is -2.28. The number of ether oxygens (including phenoxy) is 1. The number of nitrogens with zero attached hydrogens (tertiary/aromatic N) is 1. The highest BCUT2D eigenvalue weighted by Gasteiger charge is 2.26. The summed E-state index contributed by atoms with van der Waals surface area (Å²) in [5, 5.41) is 9.54. The van der Waals surface area contributed by atoms with Gasteiger partial charge in [0.2, 0.25) is 0 Å². The van der Waals surface area contributed by atoms with E-state index in [9.17, 15) is 14.3 Å². The second-order valence-corrected chi connectivity index (χ2v) is 6.07. The molecule has 1 unspecified atom stereocenters. The standard InChI is InChI=1S/C17H24FNO3/c1-12-11-14(3-4-15(12)18)16(17(20)21)19(2)8-5-13-6-9-22-10-7-13/h3-4,11,13,16H,5-10H2,1-2H3,(H,20,21). The van der Waals surface area contributed by atoms with Crippen molar-refractivity contribution in [2.45, 2.75) is 32.2 Å². The summed E-state index contributed by atoms with van der Waals surface area (Å²) in [6.07, 6.45) is 3.05. The molecule has 1 heterocycles. The van der Waals surface area contributed by atoms with Crippen LogP contribution in [0.2, 0.25) is 0 Å². The second kappa shape index (κ2) is 7.70. The molecule has 0 aromatic heterocycles. The van der Waals surface area contributed by atoms with Crippen LogP contribution in [0.3, 0.4) is 0 Å². The van der Waals surface area contributed by atoms with Crippen molar-refractivity contribution in [3.63, 3.8) is 0 Å². The average Bonchev–Trinajstić information content (AvgIpc) is 2.50. The lowest BCUT2D eigenvalue weighted by molar-refractivity contribution is -0.143. The monoisotopic (exact) mass is 309 g/mol. The van der Waals surface area contributed by atoms with E-state index in [1.54, 1.807) is 19.1 Å². The highest BCUT2D eigenvalue weighted by molar-refractivity contribution is 5.75. The number of benzene rings is 1. The fraction of sp³-hybridized carbons (Fsp3) is 0.588. The van der Waals surface area contributed by atoms with Crippen LogP contribution in [-0.4, -0.2) is 42.8 Å². The highest BCUT2D eigenvalue weighted by atomic mass is 19.1. The Morgan fingerprint density at radius 3 is 2.73 bits per heavy atom. The zero-order valence-corrected chi connectivity index (χ0v) is 13.2. The zero-order chi connectivity index (χ0) is 16.1. The third-order valence-electron chi connectivity index (χ3n) is 4.40. The molecule has 4 nitrogen and oxygen atoms in total. The van der Waals surface area contributed by atoms with Gasteiger partial charge in [0.1, 0.15) is 11.9 Å². The number of carboxylic acids is 1. The van der Waals surface area contributed by atoms with Crippen LogP contribution in [0, 0.1) is 18.7 Å². The van der Waals surface area contributed by atoms with Gasteiger partial charge >= 0.3 is 5.97 Å². The van der Waals surface area contributed by atoms with Gasteiger partial charge in [0.05, 0.1) is 0 Å². The second-order valence-electron chi connectivity index (χ2n) is 6.07. The van der Waals surface area contributed by atoms with Crippen molar-refractivity contribution in [3.05, 3.63) is 35.1 Å². The number of carboxylic acid groups (broad SMARTS) is 1. The maximum Gasteiger partial charge on any atom is 0.325 e. The third kappa shape index (κ3) is 4.27. The van der Waals surface area contributed by atoms with Gasteiger partial charge in [-0.15, -0.1) is 0 Å². The summed E-state index contributed by atoms with van der Waals surface area (Å²) < 4.78 is 18.7. The summed E-state index contributed by atoms with van der Waals surface area (Å²) in [5.74, 6) is -0.612. The summed E-state index contributed by atoms with van der Waals surface area (Å²) in [5.41, 5.74) is 1.10. The van der Waals surface area contributed by atoms with E-state index in [1.165, 1.54) is 6.07 Å². The van der Waals surface area contributed by atoms with Crippen molar-refractivity contribution in [1.29, 1.82) is 0 Å². The first-order chi connectivity index (χ1) is 10.5. The topological polar surface area (TPSA) is 49.8 Å². The molecule has 0 aliphatic carbocycles. The van der Waals surface area contributed by atoms with E-state index in [2.05, 4.69) is 0 Å². The van der Waals surface area contributed by atoms with Crippen molar-refractivity contribution in [2.75, 3.05) is 26.8 Å². The maximum atomic E-state index is 13.4. The van der Waals surface area contributed by atoms with Gasteiger partial charge < -0.3 is 9.84 Å². The molecule has 1 aromatic carbocycles. The molecule has 1 N–H and O–H groups in total. The number of rotatable bonds is 6. The van der Waals surface area contributed by atoms with E-state index >= 15 is 0 Å². The molecule has 0 saturated carbocycles. The van der Waals surface area contributed by atoms with Crippen LogP contribution in [0.1, 0.15) is 36.4 Å². The Labute approximate surface area is 130 Å². The summed E-state index contributed by atoms with van der Waals surface area (Å²) in [7, 11) is 1.82. The molecule has 1 atom stereocenters. The number of hydrogen-bond acceptors (Lipinski definition) is 3. The molecule has 122 valence electrons. The van der Waals surface area contributed by atoms with Gasteiger partial charge in [-0.3, -0.25) is 9.69 Å². The highest BCUT2D eigenvalue weighted by Crippen LogP contribution is 2.25. The summed E-state index contributed by atoms with van der Waals surface area (Å²) >= 11 is 0. The molecule has 1 aliphatic rings. The number of halogens is 1. The largest absolute Gasteiger partial charge is 0.480 e. The van der Waals surface area contributed by atoms with Crippen molar-refractivity contribution >= 4 is 5.97 Å². The van der Waals surface area contributed by atoms with Gasteiger partial charge in [-0.2, -0.15) is 0 Å². The Balaban J connectivity index is 2.02. The van der Waals surface area contributed by atoms with E-state index in [4.69, 9.17) is 4.74 Å². The minimum absolute atomic E-state index is 0.308. The molecule has 0 spiro atoms. The number of aryl methyl sites for hydroxylation is 1. The minimum Gasteiger partial charge on any atom is -0.480 e. The Morgan fingerprint density at radius 1 is 1.45 bits per heavy atom. The Kier molecular flexibility index (Phi) is 5.91. The van der Waals surface area contributed by atoms with Crippen molar-refractivity contribution in [2.24, 2.45) is 5.92 Å². The lowest BCUT2D eigenvalue weighted by Crippen LogP contribution is -2.33. The van der Waals surface area contributed by atoms with Gasteiger partial charge in [-0.1, -0.05) is 12.1 Å². The molecule has 1 saturated heterocycles. The summed E-state index contributed by atoms with van der Waals surface area (Å²) in [4.78, 5) is 13.5. The number of carbonyl (C=O) groups is 1. The van der Waals surface area contributed by atoms with E-state index in [-0.39, 0.29) is 5.82 Å². The molecule has 22 heavy (non-hydrogen) atoms. The van der Waals surface area contributed by atoms with Crippen molar-refractivity contribution in [3.8, 4) is 0 Å². The molecule has 1 fully saturated rings. The number of likely N-dealkylation sites (N-methyl/N-ethyl adjacent to an activating group) is 1. The predicted molar refractivity (Wildman–Crippen MR) is 82.3 cm³/mol. The first-order valence-electron chi connectivity index (χ1n) is 7.76. The zero-order valence-electron chi connectivity index (χ0n) is 13.2. The van der Waals surface area contributed by atoms with Crippen LogP contribution in [-0.2, 0) is 9.53 Å². The van der Waals surface area contributed by atoms with Gasteiger partial charge in [0, 0.05) is 13.2 Å². The molecule has 0 radical (unpaired) electrons. The van der Waals surface area contributed by atoms with E-state index in [0.717, 1.165) is 32.5 Å². The fourth-order valence-corrected chi connectivity index (χ4v) is 2.97. The van der Waals surface area contributed by atoms with Crippen LogP contribution < -0.4 is 0 Å². The smallest absolute Gasteiger partial charge is 0.325 e. The summed E-state index contributed by atoms with van der Waals surface area (Å²) in [6, 6.07) is 3.79. The molecule has 2 rings (SSSR count).